The van der Waals surface area contributed by atoms with Crippen molar-refractivity contribution in [2.24, 2.45) is 5.73 Å². The molecule has 1 unspecified atom stereocenters. The van der Waals surface area contributed by atoms with Crippen molar-refractivity contribution in [2.45, 2.75) is 25.3 Å². The second kappa shape index (κ2) is 7.10. The van der Waals surface area contributed by atoms with Gasteiger partial charge in [-0.05, 0) is 43.0 Å². The van der Waals surface area contributed by atoms with E-state index in [-0.39, 0.29) is 11.9 Å². The Morgan fingerprint density at radius 1 is 1.50 bits per heavy atom. The van der Waals surface area contributed by atoms with Gasteiger partial charge in [0.2, 0.25) is 5.91 Å². The van der Waals surface area contributed by atoms with Gasteiger partial charge in [-0.2, -0.15) is 0 Å². The summed E-state index contributed by atoms with van der Waals surface area (Å²) < 4.78 is 5.17. The van der Waals surface area contributed by atoms with Gasteiger partial charge >= 0.3 is 0 Å². The molecule has 4 nitrogen and oxygen atoms in total. The fourth-order valence-electron chi connectivity index (χ4n) is 2.54. The molecule has 0 bridgehead atoms. The standard InChI is InChI=1S/C16H22N2O2/c1-20-15-7-4-5-13(11-15)8-9-16(19)18-10-3-2-6-14(18)12-17/h4-5,7-9,11,14H,2-3,6,10,12,17H2,1H3. The number of methoxy groups -OCH3 is 1. The molecule has 0 aromatic heterocycles. The molecular formula is C16H22N2O2. The highest BCUT2D eigenvalue weighted by molar-refractivity contribution is 5.92. The van der Waals surface area contributed by atoms with Crippen LogP contribution in [0.15, 0.2) is 30.3 Å². The van der Waals surface area contributed by atoms with E-state index in [9.17, 15) is 4.79 Å². The Bertz CT molecular complexity index is 485. The highest BCUT2D eigenvalue weighted by Crippen LogP contribution is 2.18. The maximum atomic E-state index is 12.2. The number of amides is 1. The highest BCUT2D eigenvalue weighted by atomic mass is 16.5. The van der Waals surface area contributed by atoms with Gasteiger partial charge in [0.25, 0.3) is 0 Å². The summed E-state index contributed by atoms with van der Waals surface area (Å²) in [7, 11) is 1.63. The molecule has 0 saturated carbocycles. The van der Waals surface area contributed by atoms with Crippen LogP contribution in [0, 0.1) is 0 Å². The predicted molar refractivity (Wildman–Crippen MR) is 80.4 cm³/mol. The average molecular weight is 274 g/mol. The van der Waals surface area contributed by atoms with Crippen LogP contribution in [0.2, 0.25) is 0 Å². The third kappa shape index (κ3) is 3.61. The van der Waals surface area contributed by atoms with E-state index in [0.29, 0.717) is 6.54 Å². The maximum absolute atomic E-state index is 12.2. The van der Waals surface area contributed by atoms with Gasteiger partial charge in [-0.15, -0.1) is 0 Å². The number of carbonyl (C=O) groups excluding carboxylic acids is 1. The number of nitrogens with zero attached hydrogens (tertiary/aromatic N) is 1. The first-order valence-corrected chi connectivity index (χ1v) is 7.07. The van der Waals surface area contributed by atoms with Gasteiger partial charge < -0.3 is 15.4 Å². The quantitative estimate of drug-likeness (QED) is 0.855. The molecule has 108 valence electrons. The maximum Gasteiger partial charge on any atom is 0.246 e. The van der Waals surface area contributed by atoms with Gasteiger partial charge in [-0.25, -0.2) is 0 Å². The Balaban J connectivity index is 2.03. The molecule has 1 amide bonds. The number of hydrogen-bond donors (Lipinski definition) is 1. The van der Waals surface area contributed by atoms with Crippen molar-refractivity contribution in [3.05, 3.63) is 35.9 Å². The Morgan fingerprint density at radius 2 is 2.35 bits per heavy atom. The van der Waals surface area contributed by atoms with Crippen molar-refractivity contribution >= 4 is 12.0 Å². The minimum absolute atomic E-state index is 0.0444. The molecule has 4 heteroatoms. The molecule has 0 aliphatic carbocycles. The molecule has 1 aliphatic heterocycles. The second-order valence-corrected chi connectivity index (χ2v) is 5.03. The molecule has 2 rings (SSSR count). The third-order valence-corrected chi connectivity index (χ3v) is 3.69. The molecule has 1 atom stereocenters. The number of ether oxygens (including phenoxy) is 1. The van der Waals surface area contributed by atoms with E-state index in [1.54, 1.807) is 13.2 Å². The molecule has 1 saturated heterocycles. The molecule has 1 aromatic carbocycles. The zero-order chi connectivity index (χ0) is 14.4. The third-order valence-electron chi connectivity index (χ3n) is 3.69. The normalized spacial score (nSPS) is 19.3. The number of piperidine rings is 1. The van der Waals surface area contributed by atoms with Gasteiger partial charge in [0.15, 0.2) is 0 Å². The molecule has 2 N–H and O–H groups in total. The summed E-state index contributed by atoms with van der Waals surface area (Å²) in [6.45, 7) is 1.35. The van der Waals surface area contributed by atoms with Crippen LogP contribution in [-0.2, 0) is 4.79 Å². The monoisotopic (exact) mass is 274 g/mol. The van der Waals surface area contributed by atoms with E-state index in [4.69, 9.17) is 10.5 Å². The van der Waals surface area contributed by atoms with E-state index in [2.05, 4.69) is 0 Å². The summed E-state index contributed by atoms with van der Waals surface area (Å²) in [6.07, 6.45) is 6.69. The fraction of sp³-hybridized carbons (Fsp3) is 0.438. The van der Waals surface area contributed by atoms with Crippen molar-refractivity contribution in [3.63, 3.8) is 0 Å². The lowest BCUT2D eigenvalue weighted by Crippen LogP contribution is -2.46. The van der Waals surface area contributed by atoms with Crippen LogP contribution in [0.5, 0.6) is 5.75 Å². The summed E-state index contributed by atoms with van der Waals surface area (Å²) in [4.78, 5) is 14.1. The van der Waals surface area contributed by atoms with E-state index in [0.717, 1.165) is 37.1 Å². The first kappa shape index (κ1) is 14.6. The number of likely N-dealkylation sites (tertiary alicyclic amines) is 1. The number of carbonyl (C=O) groups is 1. The zero-order valence-corrected chi connectivity index (χ0v) is 11.9. The van der Waals surface area contributed by atoms with Crippen molar-refractivity contribution in [3.8, 4) is 5.75 Å². The Hall–Kier alpha value is -1.81. The summed E-state index contributed by atoms with van der Waals surface area (Å²) in [5, 5.41) is 0. The summed E-state index contributed by atoms with van der Waals surface area (Å²) in [6, 6.07) is 7.83. The molecule has 0 radical (unpaired) electrons. The van der Waals surface area contributed by atoms with Gasteiger partial charge in [-0.3, -0.25) is 4.79 Å². The number of rotatable bonds is 4. The smallest absolute Gasteiger partial charge is 0.246 e. The minimum atomic E-state index is 0.0444. The Kier molecular flexibility index (Phi) is 5.18. The topological polar surface area (TPSA) is 55.6 Å². The molecule has 1 heterocycles. The molecule has 20 heavy (non-hydrogen) atoms. The molecule has 0 spiro atoms. The van der Waals surface area contributed by atoms with Gasteiger partial charge in [0, 0.05) is 25.2 Å². The van der Waals surface area contributed by atoms with Crippen LogP contribution in [0.4, 0.5) is 0 Å². The minimum Gasteiger partial charge on any atom is -0.497 e. The SMILES string of the molecule is COc1cccc(C=CC(=O)N2CCCCC2CN)c1. The summed E-state index contributed by atoms with van der Waals surface area (Å²) >= 11 is 0. The lowest BCUT2D eigenvalue weighted by molar-refractivity contribution is -0.129. The van der Waals surface area contributed by atoms with Gasteiger partial charge in [0.05, 0.1) is 7.11 Å². The molecular weight excluding hydrogens is 252 g/mol. The number of benzene rings is 1. The van der Waals surface area contributed by atoms with Crippen LogP contribution in [0.3, 0.4) is 0 Å². The van der Waals surface area contributed by atoms with Crippen molar-refractivity contribution in [1.29, 1.82) is 0 Å². The van der Waals surface area contributed by atoms with Crippen molar-refractivity contribution in [2.75, 3.05) is 20.2 Å². The fourth-order valence-corrected chi connectivity index (χ4v) is 2.54. The van der Waals surface area contributed by atoms with Crippen LogP contribution >= 0.6 is 0 Å². The van der Waals surface area contributed by atoms with E-state index in [1.165, 1.54) is 0 Å². The van der Waals surface area contributed by atoms with E-state index >= 15 is 0 Å². The molecule has 1 fully saturated rings. The Labute approximate surface area is 120 Å². The second-order valence-electron chi connectivity index (χ2n) is 5.03. The lowest BCUT2D eigenvalue weighted by atomic mass is 10.0. The molecule has 1 aliphatic rings. The van der Waals surface area contributed by atoms with Crippen molar-refractivity contribution < 1.29 is 9.53 Å². The largest absolute Gasteiger partial charge is 0.497 e. The average Bonchev–Trinajstić information content (AvgIpc) is 2.52. The summed E-state index contributed by atoms with van der Waals surface area (Å²) in [5.41, 5.74) is 6.70. The van der Waals surface area contributed by atoms with Crippen LogP contribution in [0.25, 0.3) is 6.08 Å². The van der Waals surface area contributed by atoms with Crippen LogP contribution in [-0.4, -0.2) is 37.0 Å². The van der Waals surface area contributed by atoms with E-state index in [1.807, 2.05) is 35.2 Å². The lowest BCUT2D eigenvalue weighted by Gasteiger charge is -2.34. The van der Waals surface area contributed by atoms with Crippen LogP contribution in [0.1, 0.15) is 24.8 Å². The Morgan fingerprint density at radius 3 is 3.10 bits per heavy atom. The zero-order valence-electron chi connectivity index (χ0n) is 11.9. The summed E-state index contributed by atoms with van der Waals surface area (Å²) in [5.74, 6) is 0.834. The first-order valence-electron chi connectivity index (χ1n) is 7.07. The number of hydrogen-bond acceptors (Lipinski definition) is 3. The highest BCUT2D eigenvalue weighted by Gasteiger charge is 2.23. The molecule has 1 aromatic rings. The number of nitrogens with two attached hydrogens (primary N) is 1. The van der Waals surface area contributed by atoms with Crippen molar-refractivity contribution in [1.82, 2.24) is 4.90 Å². The predicted octanol–water partition coefficient (Wildman–Crippen LogP) is 2.05. The van der Waals surface area contributed by atoms with E-state index < -0.39 is 0 Å². The van der Waals surface area contributed by atoms with Gasteiger partial charge in [0.1, 0.15) is 5.75 Å². The van der Waals surface area contributed by atoms with Gasteiger partial charge in [-0.1, -0.05) is 12.1 Å². The first-order chi connectivity index (χ1) is 9.74. The van der Waals surface area contributed by atoms with Crippen LogP contribution < -0.4 is 10.5 Å².